The Bertz CT molecular complexity index is 1470. The van der Waals surface area contributed by atoms with Crippen LogP contribution in [0.3, 0.4) is 0 Å². The number of rotatable bonds is 11. The van der Waals surface area contributed by atoms with Crippen LogP contribution in [-0.4, -0.2) is 51.2 Å². The molecule has 0 spiro atoms. The molecule has 2 aromatic carbocycles. The number of esters is 1. The van der Waals surface area contributed by atoms with Crippen molar-refractivity contribution in [2.24, 2.45) is 0 Å². The van der Waals surface area contributed by atoms with Crippen LogP contribution in [0.15, 0.2) is 82.5 Å². The molecule has 6 atom stereocenters. The molecule has 0 radical (unpaired) electrons. The Morgan fingerprint density at radius 2 is 1.82 bits per heavy atom. The van der Waals surface area contributed by atoms with Gasteiger partial charge in [0.2, 0.25) is 0 Å². The molecular weight excluding hydrogens is 548 g/mol. The van der Waals surface area contributed by atoms with Crippen LogP contribution in [0.4, 0.5) is 4.39 Å². The van der Waals surface area contributed by atoms with Crippen LogP contribution in [-0.2, 0) is 30.0 Å². The van der Waals surface area contributed by atoms with Crippen molar-refractivity contribution < 1.29 is 37.4 Å². The summed E-state index contributed by atoms with van der Waals surface area (Å²) >= 11 is 0. The molecule has 2 heterocycles. The average Bonchev–Trinajstić information content (AvgIpc) is 3.15. The first-order valence-corrected chi connectivity index (χ1v) is 13.8. The Kier molecular flexibility index (Phi) is 9.02. The smallest absolute Gasteiger partial charge is 0.459 e. The van der Waals surface area contributed by atoms with Crippen LogP contribution in [0.25, 0.3) is 0 Å². The van der Waals surface area contributed by atoms with Gasteiger partial charge in [0, 0.05) is 12.3 Å². The minimum absolute atomic E-state index is 0.0148. The first-order chi connectivity index (χ1) is 19.0. The molecule has 1 aliphatic heterocycles. The van der Waals surface area contributed by atoms with E-state index in [4.69, 9.17) is 18.5 Å². The maximum Gasteiger partial charge on any atom is 0.459 e. The molecule has 0 aliphatic carbocycles. The molecule has 1 aliphatic rings. The number of nitrogens with zero attached hydrogens (tertiary/aromatic N) is 1. The summed E-state index contributed by atoms with van der Waals surface area (Å²) in [6.07, 6.45) is -3.83. The number of nitrogens with one attached hydrogen (secondary N) is 2. The molecule has 3 N–H and O–H groups in total. The zero-order valence-electron chi connectivity index (χ0n) is 21.6. The normalized spacial score (nSPS) is 24.6. The quantitative estimate of drug-likeness (QED) is 0.228. The number of para-hydroxylation sites is 1. The number of benzene rings is 2. The Labute approximate surface area is 228 Å². The fourth-order valence-corrected chi connectivity index (χ4v) is 5.49. The number of carbonyl (C=O) groups excluding carboxylic acids is 1. The summed E-state index contributed by atoms with van der Waals surface area (Å²) in [7, 11) is -4.36. The van der Waals surface area contributed by atoms with Gasteiger partial charge in [0.05, 0.1) is 6.61 Å². The second-order valence-corrected chi connectivity index (χ2v) is 11.0. The van der Waals surface area contributed by atoms with Gasteiger partial charge in [0.15, 0.2) is 11.9 Å². The van der Waals surface area contributed by atoms with E-state index in [-0.39, 0.29) is 12.4 Å². The predicted molar refractivity (Wildman–Crippen MR) is 140 cm³/mol. The molecule has 0 amide bonds. The summed E-state index contributed by atoms with van der Waals surface area (Å²) in [6.45, 7) is 1.75. The van der Waals surface area contributed by atoms with E-state index in [0.29, 0.717) is 0 Å². The van der Waals surface area contributed by atoms with E-state index >= 15 is 4.39 Å². The fourth-order valence-electron chi connectivity index (χ4n) is 3.99. The molecule has 40 heavy (non-hydrogen) atoms. The first-order valence-electron chi connectivity index (χ1n) is 12.3. The van der Waals surface area contributed by atoms with E-state index in [9.17, 15) is 24.1 Å². The lowest BCUT2D eigenvalue weighted by molar-refractivity contribution is -0.146. The Morgan fingerprint density at radius 1 is 1.18 bits per heavy atom. The molecule has 14 heteroatoms. The molecular formula is C26H29FN3O9P. The van der Waals surface area contributed by atoms with Gasteiger partial charge in [-0.2, -0.15) is 5.09 Å². The second-order valence-electron chi connectivity index (χ2n) is 9.28. The molecule has 0 saturated carbocycles. The van der Waals surface area contributed by atoms with Gasteiger partial charge in [0.1, 0.15) is 30.6 Å². The van der Waals surface area contributed by atoms with Gasteiger partial charge in [-0.25, -0.2) is 13.8 Å². The monoisotopic (exact) mass is 577 g/mol. The minimum atomic E-state index is -4.36. The average molecular weight is 578 g/mol. The highest BCUT2D eigenvalue weighted by atomic mass is 31.2. The lowest BCUT2D eigenvalue weighted by atomic mass is 9.98. The Balaban J connectivity index is 1.48. The number of hydrogen-bond donors (Lipinski definition) is 3. The maximum absolute atomic E-state index is 15.5. The Hall–Kier alpha value is -3.61. The van der Waals surface area contributed by atoms with Crippen LogP contribution in [0, 0.1) is 0 Å². The van der Waals surface area contributed by atoms with Crippen LogP contribution in [0.2, 0.25) is 0 Å². The number of hydrogen-bond acceptors (Lipinski definition) is 9. The van der Waals surface area contributed by atoms with Crippen molar-refractivity contribution in [2.45, 2.75) is 50.6 Å². The van der Waals surface area contributed by atoms with E-state index in [1.165, 1.54) is 19.1 Å². The summed E-state index contributed by atoms with van der Waals surface area (Å²) in [5.41, 5.74) is -3.39. The number of halogens is 1. The fraction of sp³-hybridized carbons (Fsp3) is 0.346. The highest BCUT2D eigenvalue weighted by molar-refractivity contribution is 7.52. The molecule has 3 aromatic rings. The molecule has 0 bridgehead atoms. The number of aliphatic hydroxyl groups is 1. The number of aliphatic hydroxyl groups excluding tert-OH is 1. The van der Waals surface area contributed by atoms with Crippen molar-refractivity contribution in [2.75, 3.05) is 6.61 Å². The Morgan fingerprint density at radius 3 is 2.48 bits per heavy atom. The molecule has 1 fully saturated rings. The van der Waals surface area contributed by atoms with Gasteiger partial charge in [0.25, 0.3) is 5.56 Å². The van der Waals surface area contributed by atoms with Crippen LogP contribution in [0.1, 0.15) is 25.6 Å². The largest absolute Gasteiger partial charge is 0.460 e. The van der Waals surface area contributed by atoms with Gasteiger partial charge >= 0.3 is 19.4 Å². The van der Waals surface area contributed by atoms with E-state index in [0.717, 1.165) is 29.3 Å². The van der Waals surface area contributed by atoms with Crippen molar-refractivity contribution in [3.63, 3.8) is 0 Å². The van der Waals surface area contributed by atoms with Crippen LogP contribution < -0.4 is 20.9 Å². The minimum Gasteiger partial charge on any atom is -0.460 e. The highest BCUT2D eigenvalue weighted by Gasteiger charge is 2.55. The number of H-pyrrole nitrogens is 1. The summed E-state index contributed by atoms with van der Waals surface area (Å²) in [5.74, 6) is -0.598. The van der Waals surface area contributed by atoms with Gasteiger partial charge in [-0.05, 0) is 31.5 Å². The topological polar surface area (TPSA) is 158 Å². The van der Waals surface area contributed by atoms with Crippen molar-refractivity contribution >= 4 is 13.7 Å². The standard InChI is InChI=1S/C26H29FN3O9P/c1-17(23(33)36-15-18-9-5-3-6-10-18)29-40(35,39-19-11-7-4-8-12-19)37-16-20-22(32)26(2,27)24(38-20)30-14-13-21(31)28-25(30)34/h3-14,17,20,22,24,32H,15-16H2,1-2H3,(H,29,35)(H,28,31,34)/t17-,20+,22+,24+,26?,40?/m0/s1. The zero-order chi connectivity index (χ0) is 28.9. The van der Waals surface area contributed by atoms with E-state index in [1.54, 1.807) is 42.5 Å². The molecule has 1 saturated heterocycles. The third kappa shape index (κ3) is 6.93. The molecule has 214 valence electrons. The van der Waals surface area contributed by atoms with E-state index in [1.807, 2.05) is 11.1 Å². The van der Waals surface area contributed by atoms with Crippen LogP contribution in [0.5, 0.6) is 5.75 Å². The summed E-state index contributed by atoms with van der Waals surface area (Å²) < 4.78 is 52.0. The van der Waals surface area contributed by atoms with Crippen molar-refractivity contribution in [3.05, 3.63) is 99.3 Å². The van der Waals surface area contributed by atoms with Crippen molar-refractivity contribution in [1.82, 2.24) is 14.6 Å². The second kappa shape index (κ2) is 12.3. The van der Waals surface area contributed by atoms with Crippen LogP contribution >= 0.6 is 7.75 Å². The number of aromatic nitrogens is 2. The summed E-state index contributed by atoms with van der Waals surface area (Å²) in [4.78, 5) is 38.2. The SMILES string of the molecule is C[C@H](NP(=O)(OC[C@H]1O[C@@H](n2ccc(=O)[nH]c2=O)C(C)(F)[C@@H]1O)Oc1ccccc1)C(=O)OCc1ccccc1. The zero-order valence-corrected chi connectivity index (χ0v) is 22.5. The van der Waals surface area contributed by atoms with E-state index < -0.39 is 61.7 Å². The highest BCUT2D eigenvalue weighted by Crippen LogP contribution is 2.47. The third-order valence-corrected chi connectivity index (χ3v) is 7.77. The third-order valence-electron chi connectivity index (χ3n) is 6.13. The number of aromatic amines is 1. The maximum atomic E-state index is 15.5. The molecule has 2 unspecified atom stereocenters. The number of alkyl halides is 1. The molecule has 12 nitrogen and oxygen atoms in total. The lowest BCUT2D eigenvalue weighted by Crippen LogP contribution is -2.43. The van der Waals surface area contributed by atoms with Gasteiger partial charge in [-0.1, -0.05) is 48.5 Å². The summed E-state index contributed by atoms with van der Waals surface area (Å²) in [6, 6.07) is 16.8. The first kappa shape index (κ1) is 29.4. The van der Waals surface area contributed by atoms with Gasteiger partial charge < -0.3 is 19.1 Å². The number of ether oxygens (including phenoxy) is 2. The van der Waals surface area contributed by atoms with Gasteiger partial charge in [-0.15, -0.1) is 0 Å². The van der Waals surface area contributed by atoms with Crippen molar-refractivity contribution in [3.8, 4) is 5.75 Å². The molecule has 4 rings (SSSR count). The predicted octanol–water partition coefficient (Wildman–Crippen LogP) is 2.45. The van der Waals surface area contributed by atoms with Gasteiger partial charge in [-0.3, -0.25) is 23.7 Å². The lowest BCUT2D eigenvalue weighted by Gasteiger charge is -2.25. The number of carbonyl (C=O) groups is 1. The van der Waals surface area contributed by atoms with Crippen molar-refractivity contribution in [1.29, 1.82) is 0 Å². The molecule has 1 aromatic heterocycles. The summed E-state index contributed by atoms with van der Waals surface area (Å²) in [5, 5.41) is 13.1. The van der Waals surface area contributed by atoms with E-state index in [2.05, 4.69) is 5.09 Å².